The molecule has 0 aromatic heterocycles. The maximum atomic E-state index is 5.87. The summed E-state index contributed by atoms with van der Waals surface area (Å²) in [5.41, 5.74) is 0. The molecule has 1 aromatic carbocycles. The smallest absolute Gasteiger partial charge is 0.163 e. The minimum atomic E-state index is 0. The predicted molar refractivity (Wildman–Crippen MR) is 62.5 cm³/mol. The number of rotatable bonds is 3. The second-order valence-corrected chi connectivity index (χ2v) is 3.63. The van der Waals surface area contributed by atoms with Crippen LogP contribution in [-0.2, 0) is 0 Å². The van der Waals surface area contributed by atoms with E-state index in [1.807, 2.05) is 6.07 Å². The van der Waals surface area contributed by atoms with Crippen molar-refractivity contribution in [2.24, 2.45) is 0 Å². The molecular weight excluding hydrogens is 237 g/mol. The molecule has 1 N–H and O–H groups in total. The van der Waals surface area contributed by atoms with Crippen LogP contribution in [0.3, 0.4) is 0 Å². The van der Waals surface area contributed by atoms with Gasteiger partial charge in [0.15, 0.2) is 11.5 Å². The molecular formula is C10H13Cl2NO2. The zero-order valence-corrected chi connectivity index (χ0v) is 9.90. The molecule has 15 heavy (non-hydrogen) atoms. The summed E-state index contributed by atoms with van der Waals surface area (Å²) in [5.74, 6) is 1.44. The van der Waals surface area contributed by atoms with E-state index in [4.69, 9.17) is 21.1 Å². The van der Waals surface area contributed by atoms with Crippen LogP contribution in [-0.4, -0.2) is 26.3 Å². The van der Waals surface area contributed by atoms with Gasteiger partial charge in [-0.25, -0.2) is 0 Å². The quantitative estimate of drug-likeness (QED) is 0.891. The maximum absolute atomic E-state index is 5.87. The average Bonchev–Trinajstić information content (AvgIpc) is 2.12. The zero-order valence-electron chi connectivity index (χ0n) is 8.33. The molecule has 0 aliphatic carbocycles. The molecule has 3 nitrogen and oxygen atoms in total. The lowest BCUT2D eigenvalue weighted by Crippen LogP contribution is -2.50. The van der Waals surface area contributed by atoms with Crippen molar-refractivity contribution < 1.29 is 9.47 Å². The van der Waals surface area contributed by atoms with Gasteiger partial charge >= 0.3 is 0 Å². The van der Waals surface area contributed by atoms with Crippen LogP contribution >= 0.6 is 24.0 Å². The van der Waals surface area contributed by atoms with E-state index in [1.54, 1.807) is 19.2 Å². The highest BCUT2D eigenvalue weighted by atomic mass is 35.5. The highest BCUT2D eigenvalue weighted by molar-refractivity contribution is 6.30. The van der Waals surface area contributed by atoms with Crippen molar-refractivity contribution in [2.45, 2.75) is 6.10 Å². The van der Waals surface area contributed by atoms with E-state index in [0.29, 0.717) is 10.8 Å². The van der Waals surface area contributed by atoms with Crippen molar-refractivity contribution in [3.8, 4) is 11.5 Å². The summed E-state index contributed by atoms with van der Waals surface area (Å²) in [6.07, 6.45) is 0.238. The number of ether oxygens (including phenoxy) is 2. The van der Waals surface area contributed by atoms with Gasteiger partial charge in [-0.15, -0.1) is 12.4 Å². The molecule has 0 spiro atoms. The van der Waals surface area contributed by atoms with Gasteiger partial charge in [-0.05, 0) is 12.1 Å². The second-order valence-electron chi connectivity index (χ2n) is 3.19. The van der Waals surface area contributed by atoms with E-state index in [-0.39, 0.29) is 18.5 Å². The standard InChI is InChI=1S/C10H12ClNO2.ClH/c1-13-9-3-2-7(11)4-10(9)14-8-5-12-6-8;/h2-4,8,12H,5-6H2,1H3;1H. The first-order valence-electron chi connectivity index (χ1n) is 4.50. The van der Waals surface area contributed by atoms with Crippen molar-refractivity contribution in [1.82, 2.24) is 5.32 Å². The SMILES string of the molecule is COc1ccc(Cl)cc1OC1CNC1.Cl. The molecule has 1 heterocycles. The molecule has 84 valence electrons. The van der Waals surface area contributed by atoms with Gasteiger partial charge in [-0.3, -0.25) is 0 Å². The Morgan fingerprint density at radius 3 is 2.60 bits per heavy atom. The van der Waals surface area contributed by atoms with E-state index in [2.05, 4.69) is 5.32 Å². The fourth-order valence-corrected chi connectivity index (χ4v) is 1.43. The maximum Gasteiger partial charge on any atom is 0.163 e. The van der Waals surface area contributed by atoms with E-state index in [1.165, 1.54) is 0 Å². The Labute approximate surface area is 100 Å². The normalized spacial score (nSPS) is 15.1. The van der Waals surface area contributed by atoms with Crippen LogP contribution in [0.2, 0.25) is 5.02 Å². The van der Waals surface area contributed by atoms with Crippen molar-refractivity contribution in [2.75, 3.05) is 20.2 Å². The number of halogens is 2. The Morgan fingerprint density at radius 2 is 2.07 bits per heavy atom. The third kappa shape index (κ3) is 2.91. The Balaban J connectivity index is 0.00000112. The van der Waals surface area contributed by atoms with Crippen molar-refractivity contribution in [3.05, 3.63) is 23.2 Å². The van der Waals surface area contributed by atoms with Crippen LogP contribution in [0.15, 0.2) is 18.2 Å². The molecule has 1 aromatic rings. The van der Waals surface area contributed by atoms with Crippen LogP contribution < -0.4 is 14.8 Å². The molecule has 0 amide bonds. The first-order valence-corrected chi connectivity index (χ1v) is 4.88. The lowest BCUT2D eigenvalue weighted by molar-refractivity contribution is 0.137. The Kier molecular flexibility index (Phi) is 4.51. The fourth-order valence-electron chi connectivity index (χ4n) is 1.27. The van der Waals surface area contributed by atoms with Gasteiger partial charge < -0.3 is 14.8 Å². The molecule has 0 radical (unpaired) electrons. The molecule has 0 bridgehead atoms. The fraction of sp³-hybridized carbons (Fsp3) is 0.400. The van der Waals surface area contributed by atoms with Crippen LogP contribution in [0.25, 0.3) is 0 Å². The van der Waals surface area contributed by atoms with E-state index in [0.717, 1.165) is 18.8 Å². The van der Waals surface area contributed by atoms with Gasteiger partial charge in [0, 0.05) is 24.2 Å². The van der Waals surface area contributed by atoms with Gasteiger partial charge in [-0.1, -0.05) is 11.6 Å². The topological polar surface area (TPSA) is 30.5 Å². The summed E-state index contributed by atoms with van der Waals surface area (Å²) in [5, 5.41) is 3.80. The summed E-state index contributed by atoms with van der Waals surface area (Å²) in [7, 11) is 1.62. The summed E-state index contributed by atoms with van der Waals surface area (Å²) in [4.78, 5) is 0. The summed E-state index contributed by atoms with van der Waals surface area (Å²) in [6, 6.07) is 5.37. The Hall–Kier alpha value is -0.640. The molecule has 2 rings (SSSR count). The number of hydrogen-bond acceptors (Lipinski definition) is 3. The number of methoxy groups -OCH3 is 1. The Bertz CT molecular complexity index is 329. The molecule has 0 unspecified atom stereocenters. The lowest BCUT2D eigenvalue weighted by atomic mass is 10.2. The summed E-state index contributed by atoms with van der Waals surface area (Å²) >= 11 is 5.87. The molecule has 1 fully saturated rings. The van der Waals surface area contributed by atoms with Gasteiger partial charge in [0.05, 0.1) is 7.11 Å². The minimum Gasteiger partial charge on any atom is -0.493 e. The van der Waals surface area contributed by atoms with Crippen molar-refractivity contribution in [3.63, 3.8) is 0 Å². The number of benzene rings is 1. The largest absolute Gasteiger partial charge is 0.493 e. The zero-order chi connectivity index (χ0) is 9.97. The van der Waals surface area contributed by atoms with Gasteiger partial charge in [-0.2, -0.15) is 0 Å². The van der Waals surface area contributed by atoms with E-state index < -0.39 is 0 Å². The Morgan fingerprint density at radius 1 is 1.33 bits per heavy atom. The van der Waals surface area contributed by atoms with Gasteiger partial charge in [0.2, 0.25) is 0 Å². The number of hydrogen-bond donors (Lipinski definition) is 1. The van der Waals surface area contributed by atoms with E-state index >= 15 is 0 Å². The predicted octanol–water partition coefficient (Wildman–Crippen LogP) is 2.12. The highest BCUT2D eigenvalue weighted by Crippen LogP contribution is 2.31. The molecule has 0 atom stereocenters. The van der Waals surface area contributed by atoms with Crippen molar-refractivity contribution >= 4 is 24.0 Å². The van der Waals surface area contributed by atoms with Crippen LogP contribution in [0.4, 0.5) is 0 Å². The minimum absolute atomic E-state index is 0. The molecule has 5 heteroatoms. The second kappa shape index (κ2) is 5.45. The van der Waals surface area contributed by atoms with Gasteiger partial charge in [0.25, 0.3) is 0 Å². The number of nitrogens with one attached hydrogen (secondary N) is 1. The monoisotopic (exact) mass is 249 g/mol. The molecule has 1 saturated heterocycles. The van der Waals surface area contributed by atoms with Crippen LogP contribution in [0.5, 0.6) is 11.5 Å². The average molecular weight is 250 g/mol. The third-order valence-electron chi connectivity index (χ3n) is 2.16. The van der Waals surface area contributed by atoms with Gasteiger partial charge in [0.1, 0.15) is 6.10 Å². The van der Waals surface area contributed by atoms with E-state index in [9.17, 15) is 0 Å². The van der Waals surface area contributed by atoms with Crippen molar-refractivity contribution in [1.29, 1.82) is 0 Å². The molecule has 0 saturated carbocycles. The summed E-state index contributed by atoms with van der Waals surface area (Å²) < 4.78 is 10.8. The molecule has 1 aliphatic rings. The summed E-state index contributed by atoms with van der Waals surface area (Å²) in [6.45, 7) is 1.77. The third-order valence-corrected chi connectivity index (χ3v) is 2.40. The first kappa shape index (κ1) is 12.4. The first-order chi connectivity index (χ1) is 6.79. The highest BCUT2D eigenvalue weighted by Gasteiger charge is 2.20. The van der Waals surface area contributed by atoms with Crippen LogP contribution in [0.1, 0.15) is 0 Å². The molecule has 1 aliphatic heterocycles. The lowest BCUT2D eigenvalue weighted by Gasteiger charge is -2.28. The van der Waals surface area contributed by atoms with Crippen LogP contribution in [0, 0.1) is 0 Å².